The minimum Gasteiger partial charge on any atom is -1.00 e. The number of alkyl halides is 1. The largest absolute Gasteiger partial charge is 1.00 e. The van der Waals surface area contributed by atoms with Gasteiger partial charge in [-0.2, -0.15) is 0 Å². The predicted molar refractivity (Wildman–Crippen MR) is 46.7 cm³/mol. The molecule has 0 saturated heterocycles. The quantitative estimate of drug-likeness (QED) is 0.509. The maximum absolute atomic E-state index is 9.22. The molecule has 2 N–H and O–H groups in total. The first-order valence-corrected chi connectivity index (χ1v) is 4.94. The number of likely N-dealkylation sites (N-methyl/N-ethyl adjacent to an activating group) is 1. The molecule has 70 valence electrons. The van der Waals surface area contributed by atoms with Gasteiger partial charge in [0.25, 0.3) is 0 Å². The third kappa shape index (κ3) is 7.25. The topological polar surface area (TPSA) is 24.7 Å². The second-order valence-corrected chi connectivity index (χ2v) is 3.12. The first-order chi connectivity index (χ1) is 4.74. The molecule has 0 aromatic rings. The summed E-state index contributed by atoms with van der Waals surface area (Å²) < 4.78 is 0. The number of hydrogen-bond acceptors (Lipinski definition) is 1. The first kappa shape index (κ1) is 14.4. The van der Waals surface area contributed by atoms with Gasteiger partial charge in [0.2, 0.25) is 0 Å². The van der Waals surface area contributed by atoms with E-state index < -0.39 is 0 Å². The number of aliphatic hydroxyl groups excluding tert-OH is 1. The molecular formula is C7H17Br2NO. The van der Waals surface area contributed by atoms with E-state index in [9.17, 15) is 5.11 Å². The van der Waals surface area contributed by atoms with E-state index in [2.05, 4.69) is 29.8 Å². The van der Waals surface area contributed by atoms with Crippen molar-refractivity contribution in [2.75, 3.05) is 25.0 Å². The molecule has 0 heterocycles. The lowest BCUT2D eigenvalue weighted by Gasteiger charge is -2.17. The Balaban J connectivity index is 0. The fraction of sp³-hybridized carbons (Fsp3) is 1.00. The summed E-state index contributed by atoms with van der Waals surface area (Å²) in [7, 11) is 0. The van der Waals surface area contributed by atoms with Crippen molar-refractivity contribution in [2.45, 2.75) is 20.0 Å². The minimum absolute atomic E-state index is 0. The van der Waals surface area contributed by atoms with Gasteiger partial charge < -0.3 is 27.0 Å². The summed E-state index contributed by atoms with van der Waals surface area (Å²) in [6, 6.07) is 0. The van der Waals surface area contributed by atoms with Crippen molar-refractivity contribution >= 4 is 15.9 Å². The van der Waals surface area contributed by atoms with Gasteiger partial charge in [-0.25, -0.2) is 0 Å². The number of aliphatic hydroxyl groups is 1. The van der Waals surface area contributed by atoms with Crippen molar-refractivity contribution in [1.82, 2.24) is 0 Å². The smallest absolute Gasteiger partial charge is 0.112 e. The molecule has 0 aromatic heterocycles. The molecule has 2 nitrogen and oxygen atoms in total. The zero-order valence-corrected chi connectivity index (χ0v) is 10.3. The Hall–Kier alpha value is 0.880. The molecule has 0 bridgehead atoms. The van der Waals surface area contributed by atoms with Crippen LogP contribution in [0.2, 0.25) is 0 Å². The standard InChI is InChI=1S/C7H16BrNO.BrH/c1-3-9(4-2)6-7(10)5-8;/h7,10H,3-6H2,1-2H3;1H. The third-order valence-electron chi connectivity index (χ3n) is 1.70. The van der Waals surface area contributed by atoms with Crippen molar-refractivity contribution in [1.29, 1.82) is 0 Å². The van der Waals surface area contributed by atoms with Crippen LogP contribution < -0.4 is 21.9 Å². The van der Waals surface area contributed by atoms with Gasteiger partial charge >= 0.3 is 0 Å². The van der Waals surface area contributed by atoms with E-state index in [0.29, 0.717) is 5.33 Å². The number of halogens is 2. The number of rotatable bonds is 5. The Kier molecular flexibility index (Phi) is 11.8. The van der Waals surface area contributed by atoms with E-state index >= 15 is 0 Å². The van der Waals surface area contributed by atoms with Crippen molar-refractivity contribution in [3.63, 3.8) is 0 Å². The highest BCUT2D eigenvalue weighted by atomic mass is 79.9. The fourth-order valence-corrected chi connectivity index (χ4v) is 1.16. The molecule has 0 aromatic carbocycles. The highest BCUT2D eigenvalue weighted by Gasteiger charge is 2.09. The molecule has 0 rings (SSSR count). The van der Waals surface area contributed by atoms with E-state index in [4.69, 9.17) is 0 Å². The summed E-state index contributed by atoms with van der Waals surface area (Å²) in [6.07, 6.45) is -0.185. The molecule has 0 amide bonds. The summed E-state index contributed by atoms with van der Waals surface area (Å²) >= 11 is 3.24. The van der Waals surface area contributed by atoms with Gasteiger partial charge in [0, 0.05) is 5.33 Å². The van der Waals surface area contributed by atoms with Crippen LogP contribution >= 0.6 is 15.9 Å². The molecule has 0 saturated carbocycles. The van der Waals surface area contributed by atoms with Crippen LogP contribution in [-0.2, 0) is 0 Å². The van der Waals surface area contributed by atoms with Gasteiger partial charge in [0.05, 0.1) is 13.1 Å². The second-order valence-electron chi connectivity index (χ2n) is 2.47. The van der Waals surface area contributed by atoms with Crippen LogP contribution in [0.3, 0.4) is 0 Å². The Bertz CT molecular complexity index is 78.8. The van der Waals surface area contributed by atoms with Crippen LogP contribution in [0.4, 0.5) is 0 Å². The lowest BCUT2D eigenvalue weighted by molar-refractivity contribution is -0.899. The van der Waals surface area contributed by atoms with Gasteiger partial charge in [-0.1, -0.05) is 15.9 Å². The summed E-state index contributed by atoms with van der Waals surface area (Å²) in [4.78, 5) is 1.45. The highest BCUT2D eigenvalue weighted by molar-refractivity contribution is 9.09. The lowest BCUT2D eigenvalue weighted by atomic mass is 10.3. The molecule has 4 heteroatoms. The predicted octanol–water partition coefficient (Wildman–Crippen LogP) is -3.33. The fourth-order valence-electron chi connectivity index (χ4n) is 0.926. The maximum Gasteiger partial charge on any atom is 0.112 e. The van der Waals surface area contributed by atoms with Crippen LogP contribution in [0.25, 0.3) is 0 Å². The van der Waals surface area contributed by atoms with Gasteiger partial charge in [-0.3, -0.25) is 0 Å². The summed E-state index contributed by atoms with van der Waals surface area (Å²) in [5, 5.41) is 9.91. The lowest BCUT2D eigenvalue weighted by Crippen LogP contribution is -3.12. The molecule has 0 aliphatic carbocycles. The third-order valence-corrected chi connectivity index (χ3v) is 2.45. The van der Waals surface area contributed by atoms with Crippen molar-refractivity contribution in [3.8, 4) is 0 Å². The van der Waals surface area contributed by atoms with Gasteiger partial charge in [-0.05, 0) is 13.8 Å². The van der Waals surface area contributed by atoms with E-state index in [1.165, 1.54) is 4.90 Å². The molecule has 0 spiro atoms. The normalized spacial score (nSPS) is 12.8. The first-order valence-electron chi connectivity index (χ1n) is 3.82. The van der Waals surface area contributed by atoms with E-state index in [-0.39, 0.29) is 23.1 Å². The maximum atomic E-state index is 9.22. The number of quaternary nitrogens is 1. The second kappa shape index (κ2) is 8.97. The zero-order valence-electron chi connectivity index (χ0n) is 7.11. The highest BCUT2D eigenvalue weighted by Crippen LogP contribution is 1.84. The molecule has 0 radical (unpaired) electrons. The molecule has 0 aliphatic heterocycles. The van der Waals surface area contributed by atoms with Crippen LogP contribution in [0.5, 0.6) is 0 Å². The van der Waals surface area contributed by atoms with Crippen LogP contribution in [0.1, 0.15) is 13.8 Å². The SMILES string of the molecule is CC[NH+](CC)CC(O)CBr.[Br-]. The summed E-state index contributed by atoms with van der Waals surface area (Å²) in [6.45, 7) is 7.33. The van der Waals surface area contributed by atoms with Gasteiger partial charge in [-0.15, -0.1) is 0 Å². The molecule has 11 heavy (non-hydrogen) atoms. The molecule has 1 unspecified atom stereocenters. The van der Waals surface area contributed by atoms with Crippen molar-refractivity contribution in [2.24, 2.45) is 0 Å². The Morgan fingerprint density at radius 3 is 2.09 bits per heavy atom. The average molecular weight is 291 g/mol. The van der Waals surface area contributed by atoms with Crippen LogP contribution in [0.15, 0.2) is 0 Å². The van der Waals surface area contributed by atoms with Crippen LogP contribution in [-0.4, -0.2) is 36.2 Å². The van der Waals surface area contributed by atoms with E-state index in [0.717, 1.165) is 19.6 Å². The average Bonchev–Trinajstić information content (AvgIpc) is 1.99. The Labute approximate surface area is 87.9 Å². The Morgan fingerprint density at radius 1 is 1.36 bits per heavy atom. The van der Waals surface area contributed by atoms with Gasteiger partial charge in [0.15, 0.2) is 0 Å². The van der Waals surface area contributed by atoms with Crippen LogP contribution in [0, 0.1) is 0 Å². The molecular weight excluding hydrogens is 274 g/mol. The zero-order chi connectivity index (χ0) is 7.98. The van der Waals surface area contributed by atoms with Crippen molar-refractivity contribution < 1.29 is 27.0 Å². The van der Waals surface area contributed by atoms with E-state index in [1.54, 1.807) is 0 Å². The minimum atomic E-state index is -0.185. The molecule has 0 fully saturated rings. The van der Waals surface area contributed by atoms with Crippen molar-refractivity contribution in [3.05, 3.63) is 0 Å². The molecule has 1 atom stereocenters. The number of hydrogen-bond donors (Lipinski definition) is 2. The number of nitrogens with one attached hydrogen (secondary N) is 1. The summed E-state index contributed by atoms with van der Waals surface area (Å²) in [5.41, 5.74) is 0. The van der Waals surface area contributed by atoms with E-state index in [1.807, 2.05) is 0 Å². The summed E-state index contributed by atoms with van der Waals surface area (Å²) in [5.74, 6) is 0. The molecule has 0 aliphatic rings. The van der Waals surface area contributed by atoms with Gasteiger partial charge in [0.1, 0.15) is 12.6 Å². The monoisotopic (exact) mass is 289 g/mol. The Morgan fingerprint density at radius 2 is 1.82 bits per heavy atom.